The van der Waals surface area contributed by atoms with Crippen LogP contribution in [-0.2, 0) is 4.79 Å². The van der Waals surface area contributed by atoms with Crippen LogP contribution in [0.1, 0.15) is 24.7 Å². The SMILES string of the molecule is NC(CC[C@H](N)C=O)c1ncc([N+](=O)[O-])cn1. The molecule has 92 valence electrons. The van der Waals surface area contributed by atoms with E-state index in [4.69, 9.17) is 11.5 Å². The molecule has 8 nitrogen and oxygen atoms in total. The molecular weight excluding hydrogens is 226 g/mol. The maximum absolute atomic E-state index is 10.4. The number of nitrogens with two attached hydrogens (primary N) is 2. The first kappa shape index (κ1) is 13.1. The van der Waals surface area contributed by atoms with Crippen molar-refractivity contribution in [2.24, 2.45) is 11.5 Å². The van der Waals surface area contributed by atoms with Crippen molar-refractivity contribution in [2.45, 2.75) is 24.9 Å². The predicted molar refractivity (Wildman–Crippen MR) is 58.9 cm³/mol. The summed E-state index contributed by atoms with van der Waals surface area (Å²) in [6, 6.07) is -1.04. The zero-order valence-electron chi connectivity index (χ0n) is 9.02. The lowest BCUT2D eigenvalue weighted by atomic mass is 10.1. The monoisotopic (exact) mass is 239 g/mol. The van der Waals surface area contributed by atoms with Crippen molar-refractivity contribution in [3.05, 3.63) is 28.3 Å². The lowest BCUT2D eigenvalue weighted by Crippen LogP contribution is -2.24. The summed E-state index contributed by atoms with van der Waals surface area (Å²) >= 11 is 0. The molecule has 1 aromatic heterocycles. The lowest BCUT2D eigenvalue weighted by molar-refractivity contribution is -0.385. The fourth-order valence-corrected chi connectivity index (χ4v) is 1.19. The van der Waals surface area contributed by atoms with Gasteiger partial charge in [-0.1, -0.05) is 0 Å². The molecule has 1 unspecified atom stereocenters. The largest absolute Gasteiger partial charge is 0.322 e. The molecule has 0 saturated heterocycles. The average molecular weight is 239 g/mol. The molecule has 2 atom stereocenters. The first-order chi connectivity index (χ1) is 8.04. The van der Waals surface area contributed by atoms with Crippen LogP contribution in [-0.4, -0.2) is 27.2 Å². The molecule has 0 fully saturated rings. The molecule has 0 aliphatic rings. The molecule has 0 bridgehead atoms. The first-order valence-electron chi connectivity index (χ1n) is 4.97. The van der Waals surface area contributed by atoms with E-state index in [1.165, 1.54) is 0 Å². The Kier molecular flexibility index (Phi) is 4.61. The molecule has 0 aliphatic carbocycles. The van der Waals surface area contributed by atoms with E-state index in [2.05, 4.69) is 9.97 Å². The molecule has 0 amide bonds. The number of hydrogen-bond acceptors (Lipinski definition) is 7. The van der Waals surface area contributed by atoms with Crippen LogP contribution in [0.4, 0.5) is 5.69 Å². The Morgan fingerprint density at radius 1 is 1.35 bits per heavy atom. The van der Waals surface area contributed by atoms with Gasteiger partial charge < -0.3 is 16.3 Å². The van der Waals surface area contributed by atoms with Gasteiger partial charge in [0.05, 0.1) is 17.0 Å². The van der Waals surface area contributed by atoms with Crippen molar-refractivity contribution in [3.8, 4) is 0 Å². The quantitative estimate of drug-likeness (QED) is 0.394. The third-order valence-corrected chi connectivity index (χ3v) is 2.19. The number of carbonyl (C=O) groups excluding carboxylic acids is 1. The molecule has 0 radical (unpaired) electrons. The van der Waals surface area contributed by atoms with Crippen LogP contribution in [0, 0.1) is 10.1 Å². The lowest BCUT2D eigenvalue weighted by Gasteiger charge is -2.10. The minimum Gasteiger partial charge on any atom is -0.322 e. The summed E-state index contributed by atoms with van der Waals surface area (Å²) in [6.07, 6.45) is 3.70. The molecule has 0 aliphatic heterocycles. The molecule has 1 heterocycles. The number of nitrogens with zero attached hydrogens (tertiary/aromatic N) is 3. The van der Waals surface area contributed by atoms with Crippen molar-refractivity contribution >= 4 is 12.0 Å². The van der Waals surface area contributed by atoms with Crippen LogP contribution < -0.4 is 11.5 Å². The number of aromatic nitrogens is 2. The van der Waals surface area contributed by atoms with Gasteiger partial charge in [0.15, 0.2) is 0 Å². The van der Waals surface area contributed by atoms with Crippen LogP contribution in [0.25, 0.3) is 0 Å². The zero-order chi connectivity index (χ0) is 12.8. The third-order valence-electron chi connectivity index (χ3n) is 2.19. The molecular formula is C9H13N5O3. The molecule has 1 rings (SSSR count). The van der Waals surface area contributed by atoms with Gasteiger partial charge in [-0.05, 0) is 12.8 Å². The van der Waals surface area contributed by atoms with E-state index in [9.17, 15) is 14.9 Å². The van der Waals surface area contributed by atoms with Gasteiger partial charge in [0.1, 0.15) is 24.5 Å². The second kappa shape index (κ2) is 5.97. The Bertz CT molecular complexity index is 394. The minimum absolute atomic E-state index is 0.189. The smallest absolute Gasteiger partial charge is 0.305 e. The topological polar surface area (TPSA) is 138 Å². The highest BCUT2D eigenvalue weighted by atomic mass is 16.6. The van der Waals surface area contributed by atoms with E-state index in [0.29, 0.717) is 25.0 Å². The van der Waals surface area contributed by atoms with Gasteiger partial charge in [-0.25, -0.2) is 9.97 Å². The van der Waals surface area contributed by atoms with Crippen molar-refractivity contribution in [2.75, 3.05) is 0 Å². The van der Waals surface area contributed by atoms with E-state index < -0.39 is 17.0 Å². The van der Waals surface area contributed by atoms with Gasteiger partial charge in [-0.3, -0.25) is 10.1 Å². The second-order valence-electron chi connectivity index (χ2n) is 3.54. The van der Waals surface area contributed by atoms with E-state index >= 15 is 0 Å². The summed E-state index contributed by atoms with van der Waals surface area (Å²) < 4.78 is 0. The summed E-state index contributed by atoms with van der Waals surface area (Å²) in [5.74, 6) is 0.300. The van der Waals surface area contributed by atoms with Gasteiger partial charge in [0.2, 0.25) is 0 Å². The van der Waals surface area contributed by atoms with Crippen molar-refractivity contribution in [1.82, 2.24) is 9.97 Å². The average Bonchev–Trinajstić information content (AvgIpc) is 2.35. The van der Waals surface area contributed by atoms with Crippen molar-refractivity contribution < 1.29 is 9.72 Å². The van der Waals surface area contributed by atoms with Crippen molar-refractivity contribution in [1.29, 1.82) is 0 Å². The van der Waals surface area contributed by atoms with E-state index in [0.717, 1.165) is 12.4 Å². The van der Waals surface area contributed by atoms with Crippen LogP contribution >= 0.6 is 0 Å². The summed E-state index contributed by atoms with van der Waals surface area (Å²) in [5.41, 5.74) is 11.0. The molecule has 0 saturated carbocycles. The minimum atomic E-state index is -0.586. The second-order valence-corrected chi connectivity index (χ2v) is 3.54. The van der Waals surface area contributed by atoms with Gasteiger partial charge in [-0.2, -0.15) is 0 Å². The Morgan fingerprint density at radius 3 is 2.41 bits per heavy atom. The Labute approximate surface area is 97.2 Å². The first-order valence-corrected chi connectivity index (χ1v) is 4.97. The standard InChI is InChI=1S/C9H13N5O3/c10-6(5-15)1-2-8(11)9-12-3-7(4-13-9)14(16)17/h3-6,8H,1-2,10-11H2/t6-,8?/m0/s1. The van der Waals surface area contributed by atoms with Gasteiger partial charge in [0.25, 0.3) is 0 Å². The van der Waals surface area contributed by atoms with Crippen LogP contribution in [0.15, 0.2) is 12.4 Å². The summed E-state index contributed by atoms with van der Waals surface area (Å²) in [7, 11) is 0. The van der Waals surface area contributed by atoms with E-state index in [-0.39, 0.29) is 5.69 Å². The van der Waals surface area contributed by atoms with Crippen LogP contribution in [0.5, 0.6) is 0 Å². The number of rotatable bonds is 6. The number of aldehydes is 1. The highest BCUT2D eigenvalue weighted by molar-refractivity contribution is 5.56. The summed E-state index contributed by atoms with van der Waals surface area (Å²) in [4.78, 5) is 27.7. The molecule has 4 N–H and O–H groups in total. The summed E-state index contributed by atoms with van der Waals surface area (Å²) in [6.45, 7) is 0. The highest BCUT2D eigenvalue weighted by Gasteiger charge is 2.13. The Morgan fingerprint density at radius 2 is 1.94 bits per heavy atom. The number of hydrogen-bond donors (Lipinski definition) is 2. The van der Waals surface area contributed by atoms with E-state index in [1.54, 1.807) is 0 Å². The zero-order valence-corrected chi connectivity index (χ0v) is 9.02. The predicted octanol–water partition coefficient (Wildman–Crippen LogP) is -0.309. The highest BCUT2D eigenvalue weighted by Crippen LogP contribution is 2.14. The fourth-order valence-electron chi connectivity index (χ4n) is 1.19. The van der Waals surface area contributed by atoms with Crippen LogP contribution in [0.3, 0.4) is 0 Å². The molecule has 0 aromatic carbocycles. The Hall–Kier alpha value is -1.93. The van der Waals surface area contributed by atoms with Gasteiger partial charge >= 0.3 is 5.69 Å². The maximum Gasteiger partial charge on any atom is 0.305 e. The van der Waals surface area contributed by atoms with E-state index in [1.807, 2.05) is 0 Å². The molecule has 8 heteroatoms. The fraction of sp³-hybridized carbons (Fsp3) is 0.444. The van der Waals surface area contributed by atoms with Gasteiger partial charge in [-0.15, -0.1) is 0 Å². The number of carbonyl (C=O) groups is 1. The normalized spacial score (nSPS) is 14.0. The Balaban J connectivity index is 2.60. The van der Waals surface area contributed by atoms with Crippen molar-refractivity contribution in [3.63, 3.8) is 0 Å². The molecule has 1 aromatic rings. The van der Waals surface area contributed by atoms with Gasteiger partial charge in [0, 0.05) is 0 Å². The molecule has 17 heavy (non-hydrogen) atoms. The van der Waals surface area contributed by atoms with Crippen LogP contribution in [0.2, 0.25) is 0 Å². The molecule has 0 spiro atoms. The summed E-state index contributed by atoms with van der Waals surface area (Å²) in [5, 5.41) is 10.4. The third kappa shape index (κ3) is 3.85. The maximum atomic E-state index is 10.4. The number of nitro groups is 1.